The Kier molecular flexibility index (Phi) is 3.94. The predicted octanol–water partition coefficient (Wildman–Crippen LogP) is 1.97. The van der Waals surface area contributed by atoms with E-state index in [0.29, 0.717) is 11.9 Å². The van der Waals surface area contributed by atoms with Gasteiger partial charge in [0.2, 0.25) is 0 Å². The first-order valence-electron chi connectivity index (χ1n) is 6.91. The fourth-order valence-corrected chi connectivity index (χ4v) is 2.23. The van der Waals surface area contributed by atoms with Gasteiger partial charge < -0.3 is 15.4 Å². The van der Waals surface area contributed by atoms with Crippen molar-refractivity contribution >= 4 is 11.6 Å². The minimum atomic E-state index is -0.0991. The van der Waals surface area contributed by atoms with Crippen molar-refractivity contribution in [1.29, 1.82) is 0 Å². The Labute approximate surface area is 115 Å². The molecule has 1 fully saturated rings. The van der Waals surface area contributed by atoms with Crippen LogP contribution in [0.2, 0.25) is 0 Å². The first-order valence-corrected chi connectivity index (χ1v) is 6.91. The quantitative estimate of drug-likeness (QED) is 0.884. The lowest BCUT2D eigenvalue weighted by Gasteiger charge is -2.36. The predicted molar refractivity (Wildman–Crippen MR) is 77.4 cm³/mol. The van der Waals surface area contributed by atoms with Crippen molar-refractivity contribution in [2.24, 2.45) is 0 Å². The molecule has 1 aromatic heterocycles. The number of anilines is 2. The summed E-state index contributed by atoms with van der Waals surface area (Å²) < 4.78 is 5.54. The summed E-state index contributed by atoms with van der Waals surface area (Å²) in [6.07, 6.45) is 1.04. The van der Waals surface area contributed by atoms with E-state index in [1.807, 2.05) is 6.07 Å². The Bertz CT molecular complexity index is 442. The summed E-state index contributed by atoms with van der Waals surface area (Å²) in [6, 6.07) is 2.24. The van der Waals surface area contributed by atoms with Crippen molar-refractivity contribution in [3.8, 4) is 0 Å². The minimum absolute atomic E-state index is 0.0991. The largest absolute Gasteiger partial charge is 0.384 e. The zero-order chi connectivity index (χ0) is 14.0. The maximum atomic E-state index is 5.94. The lowest BCUT2D eigenvalue weighted by Crippen LogP contribution is -2.45. The molecule has 1 aliphatic rings. The smallest absolute Gasteiger partial charge is 0.138 e. The van der Waals surface area contributed by atoms with Crippen LogP contribution in [0.25, 0.3) is 0 Å². The maximum absolute atomic E-state index is 5.94. The van der Waals surface area contributed by atoms with Gasteiger partial charge in [-0.05, 0) is 6.42 Å². The summed E-state index contributed by atoms with van der Waals surface area (Å²) >= 11 is 0. The van der Waals surface area contributed by atoms with Crippen molar-refractivity contribution in [3.63, 3.8) is 0 Å². The molecule has 5 nitrogen and oxygen atoms in total. The number of hydrogen-bond donors (Lipinski definition) is 1. The van der Waals surface area contributed by atoms with Crippen LogP contribution in [0.1, 0.15) is 39.9 Å². The minimum Gasteiger partial charge on any atom is -0.384 e. The third-order valence-corrected chi connectivity index (χ3v) is 3.40. The van der Waals surface area contributed by atoms with Crippen LogP contribution in [-0.4, -0.2) is 35.8 Å². The summed E-state index contributed by atoms with van der Waals surface area (Å²) in [5.41, 5.74) is 5.84. The average Bonchev–Trinajstić information content (AvgIpc) is 2.37. The standard InChI is InChI=1S/C14H24N4O/c1-5-10-9-19-7-6-18(10)12-8-11(15)16-13(17-12)14(2,3)4/h8,10H,5-7,9H2,1-4H3,(H2,15,16,17). The molecule has 5 heteroatoms. The van der Waals surface area contributed by atoms with Crippen LogP contribution in [0.15, 0.2) is 6.07 Å². The van der Waals surface area contributed by atoms with E-state index in [2.05, 4.69) is 37.6 Å². The third kappa shape index (κ3) is 3.15. The fraction of sp³-hybridized carbons (Fsp3) is 0.714. The fourth-order valence-electron chi connectivity index (χ4n) is 2.23. The molecule has 1 unspecified atom stereocenters. The molecule has 1 aliphatic heterocycles. The number of nitrogens with zero attached hydrogens (tertiary/aromatic N) is 3. The molecule has 1 aromatic rings. The van der Waals surface area contributed by atoms with Crippen molar-refractivity contribution in [2.45, 2.75) is 45.6 Å². The lowest BCUT2D eigenvalue weighted by molar-refractivity contribution is 0.0925. The van der Waals surface area contributed by atoms with Crippen molar-refractivity contribution in [2.75, 3.05) is 30.4 Å². The van der Waals surface area contributed by atoms with E-state index >= 15 is 0 Å². The second-order valence-corrected chi connectivity index (χ2v) is 6.05. The molecule has 106 valence electrons. The summed E-state index contributed by atoms with van der Waals surface area (Å²) in [6.45, 7) is 10.8. The topological polar surface area (TPSA) is 64.3 Å². The zero-order valence-corrected chi connectivity index (χ0v) is 12.3. The van der Waals surface area contributed by atoms with Crippen LogP contribution >= 0.6 is 0 Å². The van der Waals surface area contributed by atoms with Crippen LogP contribution < -0.4 is 10.6 Å². The van der Waals surface area contributed by atoms with Gasteiger partial charge in [0.25, 0.3) is 0 Å². The molecular formula is C14H24N4O. The second kappa shape index (κ2) is 5.33. The van der Waals surface area contributed by atoms with Gasteiger partial charge in [0.15, 0.2) is 0 Å². The molecule has 0 aromatic carbocycles. The number of morpholine rings is 1. The molecule has 0 radical (unpaired) electrons. The Morgan fingerprint density at radius 1 is 1.42 bits per heavy atom. The second-order valence-electron chi connectivity index (χ2n) is 6.05. The van der Waals surface area contributed by atoms with Crippen LogP contribution in [0.5, 0.6) is 0 Å². The summed E-state index contributed by atoms with van der Waals surface area (Å²) in [5, 5.41) is 0. The van der Waals surface area contributed by atoms with Crippen molar-refractivity contribution in [1.82, 2.24) is 9.97 Å². The average molecular weight is 264 g/mol. The Morgan fingerprint density at radius 2 is 2.16 bits per heavy atom. The highest BCUT2D eigenvalue weighted by Gasteiger charge is 2.25. The van der Waals surface area contributed by atoms with E-state index in [1.54, 1.807) is 0 Å². The molecule has 19 heavy (non-hydrogen) atoms. The number of nitrogen functional groups attached to an aromatic ring is 1. The monoisotopic (exact) mass is 264 g/mol. The van der Waals surface area contributed by atoms with Gasteiger partial charge in [0, 0.05) is 18.0 Å². The molecule has 2 rings (SSSR count). The van der Waals surface area contributed by atoms with Gasteiger partial charge in [-0.1, -0.05) is 27.7 Å². The molecule has 1 atom stereocenters. The molecule has 1 saturated heterocycles. The number of rotatable bonds is 2. The van der Waals surface area contributed by atoms with Crippen LogP contribution in [0.3, 0.4) is 0 Å². The molecule has 0 saturated carbocycles. The van der Waals surface area contributed by atoms with Gasteiger partial charge in [-0.2, -0.15) is 0 Å². The third-order valence-electron chi connectivity index (χ3n) is 3.40. The molecule has 2 heterocycles. The van der Waals surface area contributed by atoms with E-state index in [1.165, 1.54) is 0 Å². The van der Waals surface area contributed by atoms with Crippen molar-refractivity contribution < 1.29 is 4.74 Å². The first-order chi connectivity index (χ1) is 8.91. The summed E-state index contributed by atoms with van der Waals surface area (Å²) in [4.78, 5) is 11.4. The van der Waals surface area contributed by atoms with E-state index < -0.39 is 0 Å². The van der Waals surface area contributed by atoms with Gasteiger partial charge in [0.1, 0.15) is 17.5 Å². The molecule has 0 spiro atoms. The highest BCUT2D eigenvalue weighted by atomic mass is 16.5. The first kappa shape index (κ1) is 14.1. The molecule has 0 aliphatic carbocycles. The van der Waals surface area contributed by atoms with Gasteiger partial charge in [-0.3, -0.25) is 0 Å². The number of nitrogens with two attached hydrogens (primary N) is 1. The van der Waals surface area contributed by atoms with Crippen LogP contribution in [-0.2, 0) is 10.2 Å². The van der Waals surface area contributed by atoms with E-state index in [9.17, 15) is 0 Å². The van der Waals surface area contributed by atoms with Gasteiger partial charge >= 0.3 is 0 Å². The van der Waals surface area contributed by atoms with Gasteiger partial charge in [-0.15, -0.1) is 0 Å². The van der Waals surface area contributed by atoms with Crippen LogP contribution in [0.4, 0.5) is 11.6 Å². The summed E-state index contributed by atoms with van der Waals surface area (Å²) in [7, 11) is 0. The molecule has 0 amide bonds. The Morgan fingerprint density at radius 3 is 2.79 bits per heavy atom. The highest BCUT2D eigenvalue weighted by molar-refractivity contribution is 5.48. The van der Waals surface area contributed by atoms with Gasteiger partial charge in [-0.25, -0.2) is 9.97 Å². The Hall–Kier alpha value is -1.36. The van der Waals surface area contributed by atoms with Gasteiger partial charge in [0.05, 0.1) is 19.3 Å². The normalized spacial score (nSPS) is 20.6. The van der Waals surface area contributed by atoms with E-state index in [-0.39, 0.29) is 5.41 Å². The zero-order valence-electron chi connectivity index (χ0n) is 12.3. The number of hydrogen-bond acceptors (Lipinski definition) is 5. The SMILES string of the molecule is CCC1COCCN1c1cc(N)nc(C(C)(C)C)n1. The highest BCUT2D eigenvalue weighted by Crippen LogP contribution is 2.25. The maximum Gasteiger partial charge on any atom is 0.138 e. The van der Waals surface area contributed by atoms with E-state index in [0.717, 1.165) is 37.8 Å². The van der Waals surface area contributed by atoms with Crippen LogP contribution in [0, 0.1) is 0 Å². The summed E-state index contributed by atoms with van der Waals surface area (Å²) in [5.74, 6) is 2.26. The molecular weight excluding hydrogens is 240 g/mol. The molecule has 2 N–H and O–H groups in total. The molecule has 0 bridgehead atoms. The number of aromatic nitrogens is 2. The lowest BCUT2D eigenvalue weighted by atomic mass is 9.95. The number of ether oxygens (including phenoxy) is 1. The van der Waals surface area contributed by atoms with E-state index in [4.69, 9.17) is 15.5 Å². The van der Waals surface area contributed by atoms with Crippen molar-refractivity contribution in [3.05, 3.63) is 11.9 Å². The Balaban J connectivity index is 2.35.